The van der Waals surface area contributed by atoms with E-state index in [-0.39, 0.29) is 0 Å². The van der Waals surface area contributed by atoms with E-state index in [2.05, 4.69) is 50.0 Å². The molecule has 0 radical (unpaired) electrons. The van der Waals surface area contributed by atoms with Crippen molar-refractivity contribution in [2.24, 2.45) is 0 Å². The van der Waals surface area contributed by atoms with E-state index >= 15 is 0 Å². The van der Waals surface area contributed by atoms with E-state index in [1.54, 1.807) is 6.20 Å². The standard InChI is InChI=1S/C13H15BrN4/c1-9(2)15-5-10-6-17-13(18-7-10)12-4-3-11(14)8-16-12/h3-4,6-9,15H,5H2,1-2H3. The first-order chi connectivity index (χ1) is 8.65. The number of aromatic nitrogens is 3. The highest BCUT2D eigenvalue weighted by atomic mass is 79.9. The molecule has 18 heavy (non-hydrogen) atoms. The van der Waals surface area contributed by atoms with Gasteiger partial charge in [-0.15, -0.1) is 0 Å². The minimum absolute atomic E-state index is 0.456. The van der Waals surface area contributed by atoms with Crippen molar-refractivity contribution in [2.75, 3.05) is 0 Å². The number of nitrogens with zero attached hydrogens (tertiary/aromatic N) is 3. The average molecular weight is 307 g/mol. The number of rotatable bonds is 4. The molecule has 0 aromatic carbocycles. The Bertz CT molecular complexity index is 493. The smallest absolute Gasteiger partial charge is 0.178 e. The molecule has 0 atom stereocenters. The first-order valence-electron chi connectivity index (χ1n) is 5.81. The van der Waals surface area contributed by atoms with Crippen LogP contribution in [0.25, 0.3) is 11.5 Å². The van der Waals surface area contributed by atoms with Crippen molar-refractivity contribution in [2.45, 2.75) is 26.4 Å². The monoisotopic (exact) mass is 306 g/mol. The first-order valence-corrected chi connectivity index (χ1v) is 6.60. The highest BCUT2D eigenvalue weighted by molar-refractivity contribution is 9.10. The molecule has 0 spiro atoms. The fourth-order valence-corrected chi connectivity index (χ4v) is 1.64. The van der Waals surface area contributed by atoms with Gasteiger partial charge in [-0.05, 0) is 28.1 Å². The highest BCUT2D eigenvalue weighted by Crippen LogP contribution is 2.14. The number of hydrogen-bond donors (Lipinski definition) is 1. The number of hydrogen-bond acceptors (Lipinski definition) is 4. The third-order valence-corrected chi connectivity index (χ3v) is 2.85. The minimum atomic E-state index is 0.456. The Morgan fingerprint density at radius 3 is 2.39 bits per heavy atom. The van der Waals surface area contributed by atoms with Gasteiger partial charge in [-0.1, -0.05) is 13.8 Å². The zero-order chi connectivity index (χ0) is 13.0. The summed E-state index contributed by atoms with van der Waals surface area (Å²) in [6.07, 6.45) is 5.41. The van der Waals surface area contributed by atoms with Crippen molar-refractivity contribution in [1.82, 2.24) is 20.3 Å². The summed E-state index contributed by atoms with van der Waals surface area (Å²) < 4.78 is 0.948. The SMILES string of the molecule is CC(C)NCc1cnc(-c2ccc(Br)cn2)nc1. The quantitative estimate of drug-likeness (QED) is 0.943. The van der Waals surface area contributed by atoms with Gasteiger partial charge in [-0.25, -0.2) is 9.97 Å². The fraction of sp³-hybridized carbons (Fsp3) is 0.308. The summed E-state index contributed by atoms with van der Waals surface area (Å²) in [6, 6.07) is 4.28. The van der Waals surface area contributed by atoms with E-state index < -0.39 is 0 Å². The van der Waals surface area contributed by atoms with Gasteiger partial charge in [0.1, 0.15) is 5.69 Å². The summed E-state index contributed by atoms with van der Waals surface area (Å²) in [5.41, 5.74) is 1.85. The lowest BCUT2D eigenvalue weighted by molar-refractivity contribution is 0.587. The number of halogens is 1. The van der Waals surface area contributed by atoms with Crippen LogP contribution in [0.3, 0.4) is 0 Å². The average Bonchev–Trinajstić information content (AvgIpc) is 2.38. The number of pyridine rings is 1. The van der Waals surface area contributed by atoms with Crippen LogP contribution in [0.15, 0.2) is 35.2 Å². The van der Waals surface area contributed by atoms with Gasteiger partial charge in [0.2, 0.25) is 0 Å². The van der Waals surface area contributed by atoms with Gasteiger partial charge >= 0.3 is 0 Å². The van der Waals surface area contributed by atoms with Crippen LogP contribution in [0.1, 0.15) is 19.4 Å². The fourth-order valence-electron chi connectivity index (χ4n) is 1.41. The predicted octanol–water partition coefficient (Wildman–Crippen LogP) is 2.80. The Morgan fingerprint density at radius 2 is 1.83 bits per heavy atom. The Morgan fingerprint density at radius 1 is 1.11 bits per heavy atom. The summed E-state index contributed by atoms with van der Waals surface area (Å²) in [7, 11) is 0. The van der Waals surface area contributed by atoms with Crippen molar-refractivity contribution >= 4 is 15.9 Å². The molecule has 0 aliphatic carbocycles. The summed E-state index contributed by atoms with van der Waals surface area (Å²) in [4.78, 5) is 12.9. The molecule has 0 fully saturated rings. The van der Waals surface area contributed by atoms with Crippen molar-refractivity contribution in [1.29, 1.82) is 0 Å². The summed E-state index contributed by atoms with van der Waals surface area (Å²) in [5.74, 6) is 0.649. The summed E-state index contributed by atoms with van der Waals surface area (Å²) in [6.45, 7) is 5.01. The van der Waals surface area contributed by atoms with Crippen LogP contribution in [0, 0.1) is 0 Å². The second kappa shape index (κ2) is 6.02. The van der Waals surface area contributed by atoms with Crippen LogP contribution in [0.4, 0.5) is 0 Å². The van der Waals surface area contributed by atoms with Crippen LogP contribution in [0.5, 0.6) is 0 Å². The second-order valence-corrected chi connectivity index (χ2v) is 5.23. The molecule has 1 N–H and O–H groups in total. The van der Waals surface area contributed by atoms with Crippen molar-refractivity contribution in [3.05, 3.63) is 40.8 Å². The maximum Gasteiger partial charge on any atom is 0.178 e. The normalized spacial score (nSPS) is 10.9. The molecule has 0 saturated heterocycles. The summed E-state index contributed by atoms with van der Waals surface area (Å²) >= 11 is 3.35. The lowest BCUT2D eigenvalue weighted by Crippen LogP contribution is -2.21. The van der Waals surface area contributed by atoms with E-state index in [0.717, 1.165) is 22.3 Å². The molecule has 0 unspecified atom stereocenters. The van der Waals surface area contributed by atoms with Gasteiger partial charge < -0.3 is 5.32 Å². The van der Waals surface area contributed by atoms with Gasteiger partial charge in [0.25, 0.3) is 0 Å². The van der Waals surface area contributed by atoms with Crippen LogP contribution in [-0.2, 0) is 6.54 Å². The lowest BCUT2D eigenvalue weighted by atomic mass is 10.3. The lowest BCUT2D eigenvalue weighted by Gasteiger charge is -2.07. The van der Waals surface area contributed by atoms with Gasteiger partial charge in [0, 0.05) is 41.2 Å². The van der Waals surface area contributed by atoms with Crippen LogP contribution < -0.4 is 5.32 Å². The topological polar surface area (TPSA) is 50.7 Å². The Hall–Kier alpha value is -1.33. The molecule has 4 nitrogen and oxygen atoms in total. The van der Waals surface area contributed by atoms with Crippen LogP contribution in [0.2, 0.25) is 0 Å². The molecular weight excluding hydrogens is 292 g/mol. The predicted molar refractivity (Wildman–Crippen MR) is 74.9 cm³/mol. The zero-order valence-electron chi connectivity index (χ0n) is 10.4. The molecule has 0 amide bonds. The Kier molecular flexibility index (Phi) is 4.38. The van der Waals surface area contributed by atoms with Crippen LogP contribution >= 0.6 is 15.9 Å². The third kappa shape index (κ3) is 3.58. The first kappa shape index (κ1) is 13.1. The van der Waals surface area contributed by atoms with Crippen molar-refractivity contribution in [3.63, 3.8) is 0 Å². The van der Waals surface area contributed by atoms with Gasteiger partial charge in [0.15, 0.2) is 5.82 Å². The molecule has 0 aliphatic heterocycles. The van der Waals surface area contributed by atoms with Crippen molar-refractivity contribution in [3.8, 4) is 11.5 Å². The molecule has 5 heteroatoms. The molecular formula is C13H15BrN4. The van der Waals surface area contributed by atoms with E-state index in [9.17, 15) is 0 Å². The van der Waals surface area contributed by atoms with Gasteiger partial charge in [-0.3, -0.25) is 4.98 Å². The molecule has 94 valence electrons. The Balaban J connectivity index is 2.09. The van der Waals surface area contributed by atoms with Gasteiger partial charge in [0.05, 0.1) is 0 Å². The molecule has 2 heterocycles. The summed E-state index contributed by atoms with van der Waals surface area (Å²) in [5, 5.41) is 3.33. The molecule has 0 saturated carbocycles. The van der Waals surface area contributed by atoms with Crippen LogP contribution in [-0.4, -0.2) is 21.0 Å². The van der Waals surface area contributed by atoms with E-state index in [4.69, 9.17) is 0 Å². The Labute approximate surface area is 115 Å². The zero-order valence-corrected chi connectivity index (χ0v) is 12.0. The molecule has 0 aliphatic rings. The minimum Gasteiger partial charge on any atom is -0.310 e. The van der Waals surface area contributed by atoms with Gasteiger partial charge in [-0.2, -0.15) is 0 Å². The van der Waals surface area contributed by atoms with E-state index in [1.165, 1.54) is 0 Å². The van der Waals surface area contributed by atoms with Crippen molar-refractivity contribution < 1.29 is 0 Å². The largest absolute Gasteiger partial charge is 0.310 e. The molecule has 2 rings (SSSR count). The van der Waals surface area contributed by atoms with E-state index in [0.29, 0.717) is 11.9 Å². The molecule has 2 aromatic heterocycles. The van der Waals surface area contributed by atoms with E-state index in [1.807, 2.05) is 24.5 Å². The maximum absolute atomic E-state index is 4.33. The third-order valence-electron chi connectivity index (χ3n) is 2.38. The number of nitrogens with one attached hydrogen (secondary N) is 1. The maximum atomic E-state index is 4.33. The molecule has 2 aromatic rings. The highest BCUT2D eigenvalue weighted by Gasteiger charge is 2.03. The second-order valence-electron chi connectivity index (χ2n) is 4.31. The molecule has 0 bridgehead atoms.